The number of methoxy groups -OCH3 is 1. The summed E-state index contributed by atoms with van der Waals surface area (Å²) in [5, 5.41) is 0. The number of piperidine rings is 1. The monoisotopic (exact) mass is 315 g/mol. The Balaban J connectivity index is 0. The smallest absolute Gasteiger partial charge is 0.412 e. The summed E-state index contributed by atoms with van der Waals surface area (Å²) in [7, 11) is 1.76. The van der Waals surface area contributed by atoms with Crippen LogP contribution in [0.2, 0.25) is 0 Å². The van der Waals surface area contributed by atoms with Gasteiger partial charge in [-0.05, 0) is 0 Å². The number of ether oxygens (including phenoxy) is 1. The molecular weight excluding hydrogens is 294 g/mol. The Morgan fingerprint density at radius 1 is 1.21 bits per heavy atom. The van der Waals surface area contributed by atoms with Gasteiger partial charge in [-0.15, -0.1) is 0 Å². The van der Waals surface area contributed by atoms with Crippen molar-refractivity contribution in [1.29, 1.82) is 0 Å². The molecule has 1 fully saturated rings. The van der Waals surface area contributed by atoms with Crippen molar-refractivity contribution in [3.8, 4) is 0 Å². The summed E-state index contributed by atoms with van der Waals surface area (Å²) in [5.74, 6) is 0. The van der Waals surface area contributed by atoms with Crippen LogP contribution in [0.3, 0.4) is 0 Å². The van der Waals surface area contributed by atoms with Crippen LogP contribution >= 0.6 is 0 Å². The SMILES string of the molecule is COCC[NH][Sb][N]1CCCCC1.O.O. The molecule has 87 valence electrons. The van der Waals surface area contributed by atoms with Crippen molar-refractivity contribution in [2.45, 2.75) is 19.3 Å². The first-order valence-electron chi connectivity index (χ1n) is 4.61. The predicted octanol–water partition coefficient (Wildman–Crippen LogP) is -1.41. The maximum absolute atomic E-state index is 4.97. The van der Waals surface area contributed by atoms with E-state index in [0.717, 1.165) is 13.2 Å². The van der Waals surface area contributed by atoms with Gasteiger partial charge in [0.1, 0.15) is 0 Å². The number of rotatable bonds is 5. The minimum Gasteiger partial charge on any atom is -0.412 e. The van der Waals surface area contributed by atoms with Crippen LogP contribution in [0.5, 0.6) is 0 Å². The second-order valence-electron chi connectivity index (χ2n) is 3.02. The van der Waals surface area contributed by atoms with Crippen LogP contribution < -0.4 is 3.48 Å². The van der Waals surface area contributed by atoms with E-state index in [1.807, 2.05) is 0 Å². The Bertz CT molecular complexity index is 113. The van der Waals surface area contributed by atoms with Crippen LogP contribution in [0.15, 0.2) is 0 Å². The van der Waals surface area contributed by atoms with Crippen LogP contribution in [-0.4, -0.2) is 69.5 Å². The molecule has 5 N–H and O–H groups in total. The number of hydrogen-bond donors (Lipinski definition) is 1. The van der Waals surface area contributed by atoms with E-state index in [4.69, 9.17) is 4.74 Å². The molecule has 14 heavy (non-hydrogen) atoms. The van der Waals surface area contributed by atoms with E-state index in [1.165, 1.54) is 32.4 Å². The van der Waals surface area contributed by atoms with Crippen LogP contribution in [0, 0.1) is 0 Å². The quantitative estimate of drug-likeness (QED) is 0.499. The summed E-state index contributed by atoms with van der Waals surface area (Å²) in [5.41, 5.74) is 0. The molecular formula is C8H22N2O3Sb. The van der Waals surface area contributed by atoms with Gasteiger partial charge in [-0.1, -0.05) is 0 Å². The second kappa shape index (κ2) is 11.7. The molecule has 0 aromatic rings. The van der Waals surface area contributed by atoms with Gasteiger partial charge in [0.2, 0.25) is 0 Å². The van der Waals surface area contributed by atoms with Gasteiger partial charge in [-0.2, -0.15) is 0 Å². The molecule has 0 bridgehead atoms. The summed E-state index contributed by atoms with van der Waals surface area (Å²) in [6.07, 6.45) is 4.24. The van der Waals surface area contributed by atoms with E-state index in [2.05, 4.69) is 6.53 Å². The maximum atomic E-state index is 4.97. The van der Waals surface area contributed by atoms with E-state index >= 15 is 0 Å². The van der Waals surface area contributed by atoms with Gasteiger partial charge in [-0.3, -0.25) is 0 Å². The van der Waals surface area contributed by atoms with Gasteiger partial charge in [0.05, 0.1) is 0 Å². The van der Waals surface area contributed by atoms with Gasteiger partial charge in [0.25, 0.3) is 0 Å². The molecule has 0 saturated carbocycles. The third-order valence-corrected chi connectivity index (χ3v) is 4.95. The Labute approximate surface area is 97.1 Å². The molecule has 0 aromatic carbocycles. The van der Waals surface area contributed by atoms with Crippen LogP contribution in [-0.2, 0) is 4.74 Å². The number of nitrogens with one attached hydrogen (secondary N) is 1. The van der Waals surface area contributed by atoms with Crippen LogP contribution in [0.4, 0.5) is 0 Å². The first-order valence-corrected chi connectivity index (χ1v) is 7.02. The average Bonchev–Trinajstić information content (AvgIpc) is 2.14. The standard InChI is InChI=1S/C5H10N.C3H8NO.2H2O.Sb/c1-2-4-6-5-3-1;1-5-3-2-4;;;/h1-5H2;4H,2-3H2,1H3;2*1H2;/q2*-1;;;+2. The summed E-state index contributed by atoms with van der Waals surface area (Å²) >= 11 is -0.246. The predicted molar refractivity (Wildman–Crippen MR) is 58.3 cm³/mol. The van der Waals surface area contributed by atoms with Crippen molar-refractivity contribution in [2.24, 2.45) is 0 Å². The number of nitrogens with zero attached hydrogens (tertiary/aromatic N) is 1. The van der Waals surface area contributed by atoms with Gasteiger partial charge in [0, 0.05) is 0 Å². The second-order valence-corrected chi connectivity index (χ2v) is 6.10. The van der Waals surface area contributed by atoms with E-state index in [1.54, 1.807) is 7.11 Å². The van der Waals surface area contributed by atoms with Crippen molar-refractivity contribution in [2.75, 3.05) is 33.4 Å². The molecule has 1 saturated heterocycles. The zero-order valence-electron chi connectivity index (χ0n) is 8.75. The van der Waals surface area contributed by atoms with Crippen molar-refractivity contribution >= 4 is 22.2 Å². The normalized spacial score (nSPS) is 16.9. The molecule has 1 heterocycles. The third kappa shape index (κ3) is 7.97. The Hall–Kier alpha value is 0.618. The minimum atomic E-state index is -0.246. The first-order chi connectivity index (χ1) is 5.93. The van der Waals surface area contributed by atoms with E-state index in [0.29, 0.717) is 0 Å². The third-order valence-electron chi connectivity index (χ3n) is 1.96. The first kappa shape index (κ1) is 17.0. The minimum absolute atomic E-state index is 0. The number of hydrogen-bond acceptors (Lipinski definition) is 3. The molecule has 1 rings (SSSR count). The molecule has 0 spiro atoms. The van der Waals surface area contributed by atoms with Gasteiger partial charge in [-0.25, -0.2) is 0 Å². The molecule has 0 amide bonds. The van der Waals surface area contributed by atoms with Gasteiger partial charge in [0.15, 0.2) is 0 Å². The summed E-state index contributed by atoms with van der Waals surface area (Å²) in [6.45, 7) is 4.54. The van der Waals surface area contributed by atoms with Crippen LogP contribution in [0.25, 0.3) is 0 Å². The van der Waals surface area contributed by atoms with E-state index < -0.39 is 0 Å². The Morgan fingerprint density at radius 3 is 2.43 bits per heavy atom. The largest absolute Gasteiger partial charge is 0.412 e. The molecule has 0 aromatic heterocycles. The van der Waals surface area contributed by atoms with Gasteiger partial charge >= 0.3 is 86.1 Å². The fraction of sp³-hybridized carbons (Fsp3) is 1.00. The molecule has 1 aliphatic rings. The summed E-state index contributed by atoms with van der Waals surface area (Å²) in [6, 6.07) is 0. The van der Waals surface area contributed by atoms with Crippen molar-refractivity contribution in [3.63, 3.8) is 0 Å². The molecule has 1 radical (unpaired) electrons. The summed E-state index contributed by atoms with van der Waals surface area (Å²) in [4.78, 5) is 0. The van der Waals surface area contributed by atoms with E-state index in [-0.39, 0.29) is 33.1 Å². The van der Waals surface area contributed by atoms with Gasteiger partial charge < -0.3 is 11.0 Å². The molecule has 0 aliphatic carbocycles. The Morgan fingerprint density at radius 2 is 1.86 bits per heavy atom. The van der Waals surface area contributed by atoms with Crippen LogP contribution in [0.1, 0.15) is 19.3 Å². The topological polar surface area (TPSA) is 87.5 Å². The fourth-order valence-electron chi connectivity index (χ4n) is 1.27. The maximum Gasteiger partial charge on any atom is -0.412 e. The fourth-order valence-corrected chi connectivity index (χ4v) is 3.77. The van der Waals surface area contributed by atoms with Crippen molar-refractivity contribution < 1.29 is 15.7 Å². The Kier molecular flexibility index (Phi) is 14.2. The molecule has 0 atom stereocenters. The molecule has 0 unspecified atom stereocenters. The zero-order chi connectivity index (χ0) is 8.65. The zero-order valence-corrected chi connectivity index (χ0v) is 11.3. The molecule has 1 aliphatic heterocycles. The molecule has 5 nitrogen and oxygen atoms in total. The van der Waals surface area contributed by atoms with E-state index in [9.17, 15) is 0 Å². The van der Waals surface area contributed by atoms with Crippen molar-refractivity contribution in [1.82, 2.24) is 6.53 Å². The molecule has 6 heteroatoms. The average molecular weight is 316 g/mol. The summed E-state index contributed by atoms with van der Waals surface area (Å²) < 4.78 is 11.1. The van der Waals surface area contributed by atoms with Crippen molar-refractivity contribution in [3.05, 3.63) is 0 Å².